The Morgan fingerprint density at radius 1 is 1.11 bits per heavy atom. The first-order chi connectivity index (χ1) is 12.4. The molecule has 1 amide bonds. The summed E-state index contributed by atoms with van der Waals surface area (Å²) in [5, 5.41) is 3.09. The van der Waals surface area contributed by atoms with Gasteiger partial charge in [-0.25, -0.2) is 8.42 Å². The molecule has 1 aromatic rings. The number of benzene rings is 1. The molecule has 27 heavy (non-hydrogen) atoms. The van der Waals surface area contributed by atoms with Crippen molar-refractivity contribution in [2.75, 3.05) is 13.1 Å². The van der Waals surface area contributed by atoms with Crippen molar-refractivity contribution >= 4 is 15.9 Å². The first-order valence-electron chi connectivity index (χ1n) is 9.80. The molecule has 0 aromatic heterocycles. The van der Waals surface area contributed by atoms with E-state index in [9.17, 15) is 13.2 Å². The van der Waals surface area contributed by atoms with Crippen LogP contribution in [0.5, 0.6) is 0 Å². The van der Waals surface area contributed by atoms with Crippen molar-refractivity contribution in [3.8, 4) is 0 Å². The van der Waals surface area contributed by atoms with E-state index in [1.54, 1.807) is 4.31 Å². The molecule has 152 valence electrons. The lowest BCUT2D eigenvalue weighted by atomic mass is 9.94. The molecule has 0 saturated carbocycles. The molecule has 5 nitrogen and oxygen atoms in total. The highest BCUT2D eigenvalue weighted by Gasteiger charge is 2.35. The van der Waals surface area contributed by atoms with Crippen LogP contribution in [0.3, 0.4) is 0 Å². The maximum atomic E-state index is 13.3. The standard InChI is InChI=1S/C21H34N2O3S/c1-8-21(6,7)22-20(24)18-9-11-23(12-10-18)27(25,26)19-16(4)14(2)13-15(3)17(19)5/h13,18H,8-12H2,1-7H3,(H,22,24). The second-order valence-corrected chi connectivity index (χ2v) is 10.4. The van der Waals surface area contributed by atoms with Crippen molar-refractivity contribution < 1.29 is 13.2 Å². The lowest BCUT2D eigenvalue weighted by Crippen LogP contribution is -2.49. The van der Waals surface area contributed by atoms with Gasteiger partial charge >= 0.3 is 0 Å². The molecule has 0 aliphatic carbocycles. The average molecular weight is 395 g/mol. The predicted molar refractivity (Wildman–Crippen MR) is 109 cm³/mol. The Balaban J connectivity index is 2.18. The number of hydrogen-bond donors (Lipinski definition) is 1. The molecule has 0 bridgehead atoms. The van der Waals surface area contributed by atoms with Gasteiger partial charge in [-0.3, -0.25) is 4.79 Å². The summed E-state index contributed by atoms with van der Waals surface area (Å²) in [6.45, 7) is 14.5. The number of nitrogens with one attached hydrogen (secondary N) is 1. The van der Waals surface area contributed by atoms with Gasteiger partial charge in [-0.2, -0.15) is 4.31 Å². The van der Waals surface area contributed by atoms with Crippen molar-refractivity contribution in [3.05, 3.63) is 28.3 Å². The Hall–Kier alpha value is -1.40. The topological polar surface area (TPSA) is 66.5 Å². The highest BCUT2D eigenvalue weighted by atomic mass is 32.2. The minimum atomic E-state index is -3.56. The van der Waals surface area contributed by atoms with Crippen molar-refractivity contribution in [2.45, 2.75) is 78.2 Å². The molecule has 1 aromatic carbocycles. The van der Waals surface area contributed by atoms with Crippen LogP contribution in [-0.4, -0.2) is 37.3 Å². The Morgan fingerprint density at radius 2 is 1.59 bits per heavy atom. The molecule has 1 N–H and O–H groups in total. The van der Waals surface area contributed by atoms with Gasteiger partial charge in [-0.05, 0) is 83.1 Å². The van der Waals surface area contributed by atoms with E-state index < -0.39 is 10.0 Å². The maximum absolute atomic E-state index is 13.3. The van der Waals surface area contributed by atoms with Crippen molar-refractivity contribution in [1.29, 1.82) is 0 Å². The predicted octanol–water partition coefficient (Wildman–Crippen LogP) is 3.63. The molecule has 0 spiro atoms. The van der Waals surface area contributed by atoms with E-state index >= 15 is 0 Å². The molecule has 1 aliphatic heterocycles. The minimum Gasteiger partial charge on any atom is -0.351 e. The second-order valence-electron chi connectivity index (χ2n) is 8.49. The first kappa shape index (κ1) is 21.9. The van der Waals surface area contributed by atoms with Crippen LogP contribution in [0.15, 0.2) is 11.0 Å². The summed E-state index contributed by atoms with van der Waals surface area (Å²) < 4.78 is 28.2. The van der Waals surface area contributed by atoms with Gasteiger partial charge in [0.05, 0.1) is 4.90 Å². The van der Waals surface area contributed by atoms with Gasteiger partial charge in [0.15, 0.2) is 0 Å². The smallest absolute Gasteiger partial charge is 0.243 e. The zero-order valence-corrected chi connectivity index (χ0v) is 18.6. The van der Waals surface area contributed by atoms with Crippen molar-refractivity contribution in [1.82, 2.24) is 9.62 Å². The fourth-order valence-electron chi connectivity index (χ4n) is 3.58. The van der Waals surface area contributed by atoms with Gasteiger partial charge in [0.2, 0.25) is 15.9 Å². The van der Waals surface area contributed by atoms with Crippen LogP contribution in [0, 0.1) is 33.6 Å². The van der Waals surface area contributed by atoms with Gasteiger partial charge in [-0.15, -0.1) is 0 Å². The van der Waals surface area contributed by atoms with E-state index in [0.29, 0.717) is 30.8 Å². The van der Waals surface area contributed by atoms with Gasteiger partial charge < -0.3 is 5.32 Å². The Bertz CT molecular complexity index is 794. The van der Waals surface area contributed by atoms with Crippen LogP contribution in [-0.2, 0) is 14.8 Å². The number of carbonyl (C=O) groups is 1. The highest BCUT2D eigenvalue weighted by Crippen LogP contribution is 2.31. The summed E-state index contributed by atoms with van der Waals surface area (Å²) in [4.78, 5) is 13.0. The molecular formula is C21H34N2O3S. The van der Waals surface area contributed by atoms with Crippen LogP contribution in [0.1, 0.15) is 62.3 Å². The number of carbonyl (C=O) groups excluding carboxylic acids is 1. The van der Waals surface area contributed by atoms with Crippen molar-refractivity contribution in [3.63, 3.8) is 0 Å². The second kappa shape index (κ2) is 7.92. The number of rotatable bonds is 5. The maximum Gasteiger partial charge on any atom is 0.243 e. The van der Waals surface area contributed by atoms with Crippen LogP contribution < -0.4 is 5.32 Å². The van der Waals surface area contributed by atoms with Crippen LogP contribution in [0.4, 0.5) is 0 Å². The SMILES string of the molecule is CCC(C)(C)NC(=O)C1CCN(S(=O)(=O)c2c(C)c(C)cc(C)c2C)CC1. The van der Waals surface area contributed by atoms with E-state index in [1.807, 2.05) is 54.5 Å². The third kappa shape index (κ3) is 4.54. The van der Waals surface area contributed by atoms with E-state index in [2.05, 4.69) is 5.32 Å². The number of piperidine rings is 1. The van der Waals surface area contributed by atoms with E-state index in [1.165, 1.54) is 0 Å². The molecule has 1 saturated heterocycles. The fourth-order valence-corrected chi connectivity index (χ4v) is 5.62. The monoisotopic (exact) mass is 394 g/mol. The average Bonchev–Trinajstić information content (AvgIpc) is 2.60. The van der Waals surface area contributed by atoms with Crippen molar-refractivity contribution in [2.24, 2.45) is 5.92 Å². The number of hydrogen-bond acceptors (Lipinski definition) is 3. The zero-order valence-electron chi connectivity index (χ0n) is 17.8. The summed E-state index contributed by atoms with van der Waals surface area (Å²) in [7, 11) is -3.56. The molecule has 2 rings (SSSR count). The summed E-state index contributed by atoms with van der Waals surface area (Å²) in [5.74, 6) is -0.0821. The van der Waals surface area contributed by atoms with E-state index in [0.717, 1.165) is 28.7 Å². The quantitative estimate of drug-likeness (QED) is 0.829. The summed E-state index contributed by atoms with van der Waals surface area (Å²) in [6, 6.07) is 2.04. The molecular weight excluding hydrogens is 360 g/mol. The number of amides is 1. The van der Waals surface area contributed by atoms with Crippen LogP contribution in [0.2, 0.25) is 0 Å². The molecule has 0 radical (unpaired) electrons. The lowest BCUT2D eigenvalue weighted by Gasteiger charge is -2.34. The van der Waals surface area contributed by atoms with Gasteiger partial charge in [-0.1, -0.05) is 13.0 Å². The summed E-state index contributed by atoms with van der Waals surface area (Å²) >= 11 is 0. The minimum absolute atomic E-state index is 0.0395. The van der Waals surface area contributed by atoms with Crippen LogP contribution in [0.25, 0.3) is 0 Å². The Kier molecular flexibility index (Phi) is 6.42. The molecule has 0 unspecified atom stereocenters. The molecule has 1 fully saturated rings. The van der Waals surface area contributed by atoms with Gasteiger partial charge in [0.25, 0.3) is 0 Å². The van der Waals surface area contributed by atoms with Gasteiger partial charge in [0.1, 0.15) is 0 Å². The fraction of sp³-hybridized carbons (Fsp3) is 0.667. The Morgan fingerprint density at radius 3 is 2.04 bits per heavy atom. The molecule has 0 atom stereocenters. The third-order valence-electron chi connectivity index (χ3n) is 6.07. The number of sulfonamides is 1. The highest BCUT2D eigenvalue weighted by molar-refractivity contribution is 7.89. The summed E-state index contributed by atoms with van der Waals surface area (Å²) in [6.07, 6.45) is 1.98. The van der Waals surface area contributed by atoms with Gasteiger partial charge in [0, 0.05) is 24.5 Å². The number of aryl methyl sites for hydroxylation is 2. The third-order valence-corrected chi connectivity index (χ3v) is 8.24. The zero-order chi connectivity index (χ0) is 20.6. The normalized spacial score (nSPS) is 17.1. The number of nitrogens with zero attached hydrogens (tertiary/aromatic N) is 1. The first-order valence-corrected chi connectivity index (χ1v) is 11.2. The Labute approximate surface area is 164 Å². The molecule has 1 aliphatic rings. The lowest BCUT2D eigenvalue weighted by molar-refractivity contribution is -0.127. The largest absolute Gasteiger partial charge is 0.351 e. The van der Waals surface area contributed by atoms with Crippen LogP contribution >= 0.6 is 0 Å². The van der Waals surface area contributed by atoms with E-state index in [4.69, 9.17) is 0 Å². The van der Waals surface area contributed by atoms with E-state index in [-0.39, 0.29) is 17.4 Å². The molecule has 1 heterocycles. The molecule has 6 heteroatoms. The summed E-state index contributed by atoms with van der Waals surface area (Å²) in [5.41, 5.74) is 3.40.